The minimum atomic E-state index is -0.169. The molecule has 0 aromatic heterocycles. The van der Waals surface area contributed by atoms with E-state index in [-0.39, 0.29) is 11.0 Å². The fourth-order valence-electron chi connectivity index (χ4n) is 2.75. The molecule has 0 saturated heterocycles. The highest BCUT2D eigenvalue weighted by atomic mass is 16.5. The third-order valence-electron chi connectivity index (χ3n) is 3.12. The molecule has 0 bridgehead atoms. The summed E-state index contributed by atoms with van der Waals surface area (Å²) in [5, 5.41) is 0. The topological polar surface area (TPSA) is 26.3 Å². The van der Waals surface area contributed by atoms with Gasteiger partial charge in [-0.05, 0) is 37.3 Å². The molecule has 2 nitrogen and oxygen atoms in total. The number of hydrogen-bond donors (Lipinski definition) is 0. The molecule has 0 unspecified atom stereocenters. The summed E-state index contributed by atoms with van der Waals surface area (Å²) in [6.07, 6.45) is 1.84. The lowest BCUT2D eigenvalue weighted by Crippen LogP contribution is -2.41. The van der Waals surface area contributed by atoms with E-state index in [1.807, 2.05) is 18.2 Å². The summed E-state index contributed by atoms with van der Waals surface area (Å²) in [4.78, 5) is 10.8. The lowest BCUT2D eigenvalue weighted by atomic mass is 9.73. The number of aldehydes is 1. The van der Waals surface area contributed by atoms with Crippen LogP contribution in [0, 0.1) is 0 Å². The van der Waals surface area contributed by atoms with E-state index >= 15 is 0 Å². The number of rotatable bonds is 1. The van der Waals surface area contributed by atoms with Crippen LogP contribution < -0.4 is 4.74 Å². The normalized spacial score (nSPS) is 20.8. The molecule has 0 N–H and O–H groups in total. The summed E-state index contributed by atoms with van der Waals surface area (Å²) < 4.78 is 5.94. The van der Waals surface area contributed by atoms with Crippen LogP contribution in [0.2, 0.25) is 0 Å². The van der Waals surface area contributed by atoms with Gasteiger partial charge in [-0.2, -0.15) is 0 Å². The molecule has 0 aliphatic carbocycles. The van der Waals surface area contributed by atoms with Crippen molar-refractivity contribution in [1.82, 2.24) is 0 Å². The summed E-state index contributed by atoms with van der Waals surface area (Å²) in [6, 6.07) is 5.70. The van der Waals surface area contributed by atoms with Crippen molar-refractivity contribution in [2.45, 2.75) is 45.1 Å². The summed E-state index contributed by atoms with van der Waals surface area (Å²) in [7, 11) is 0. The molecule has 16 heavy (non-hydrogen) atoms. The average Bonchev–Trinajstić information content (AvgIpc) is 2.13. The molecular formula is C14H18O2. The van der Waals surface area contributed by atoms with E-state index in [9.17, 15) is 4.79 Å². The van der Waals surface area contributed by atoms with Crippen molar-refractivity contribution in [3.05, 3.63) is 29.3 Å². The number of benzene rings is 1. The fraction of sp³-hybridized carbons (Fsp3) is 0.500. The predicted molar refractivity (Wildman–Crippen MR) is 64.2 cm³/mol. The highest BCUT2D eigenvalue weighted by Gasteiger charge is 2.38. The highest BCUT2D eigenvalue weighted by molar-refractivity contribution is 5.76. The summed E-state index contributed by atoms with van der Waals surface area (Å²) >= 11 is 0. The SMILES string of the molecule is CC1(C)CC(C)(C)c2ccc(C=O)cc2O1. The Kier molecular flexibility index (Phi) is 2.33. The molecule has 1 aliphatic rings. The average molecular weight is 218 g/mol. The minimum absolute atomic E-state index is 0.0957. The monoisotopic (exact) mass is 218 g/mol. The second kappa shape index (κ2) is 3.34. The number of carbonyl (C=O) groups excluding carboxylic acids is 1. The van der Waals surface area contributed by atoms with E-state index in [0.29, 0.717) is 5.56 Å². The summed E-state index contributed by atoms with van der Waals surface area (Å²) in [5.74, 6) is 0.853. The van der Waals surface area contributed by atoms with Gasteiger partial charge in [-0.25, -0.2) is 0 Å². The van der Waals surface area contributed by atoms with Crippen LogP contribution in [0.5, 0.6) is 5.75 Å². The molecule has 0 atom stereocenters. The molecule has 0 radical (unpaired) electrons. The third-order valence-corrected chi connectivity index (χ3v) is 3.12. The zero-order chi connectivity index (χ0) is 12.0. The predicted octanol–water partition coefficient (Wildman–Crippen LogP) is 3.34. The second-order valence-corrected chi connectivity index (χ2v) is 5.80. The first kappa shape index (κ1) is 11.2. The molecule has 0 spiro atoms. The zero-order valence-electron chi connectivity index (χ0n) is 10.3. The van der Waals surface area contributed by atoms with Crippen molar-refractivity contribution < 1.29 is 9.53 Å². The molecule has 1 aromatic rings. The first-order chi connectivity index (χ1) is 7.34. The first-order valence-corrected chi connectivity index (χ1v) is 5.63. The third kappa shape index (κ3) is 1.84. The van der Waals surface area contributed by atoms with Crippen LogP contribution in [0.25, 0.3) is 0 Å². The van der Waals surface area contributed by atoms with Gasteiger partial charge in [0.05, 0.1) is 0 Å². The quantitative estimate of drug-likeness (QED) is 0.676. The van der Waals surface area contributed by atoms with Gasteiger partial charge in [0, 0.05) is 5.56 Å². The van der Waals surface area contributed by atoms with Crippen LogP contribution in [0.15, 0.2) is 18.2 Å². The van der Waals surface area contributed by atoms with Crippen molar-refractivity contribution in [3.63, 3.8) is 0 Å². The Hall–Kier alpha value is -1.31. The number of fused-ring (bicyclic) bond motifs is 1. The van der Waals surface area contributed by atoms with Gasteiger partial charge in [-0.15, -0.1) is 0 Å². The standard InChI is InChI=1S/C14H18O2/c1-13(2)9-14(3,4)16-12-7-10(8-15)5-6-11(12)13/h5-8H,9H2,1-4H3. The van der Waals surface area contributed by atoms with Crippen LogP contribution in [-0.2, 0) is 5.41 Å². The van der Waals surface area contributed by atoms with Crippen LogP contribution in [0.1, 0.15) is 50.0 Å². The number of ether oxygens (including phenoxy) is 1. The lowest BCUT2D eigenvalue weighted by Gasteiger charge is -2.42. The number of hydrogen-bond acceptors (Lipinski definition) is 2. The maximum atomic E-state index is 10.8. The van der Waals surface area contributed by atoms with Crippen molar-refractivity contribution >= 4 is 6.29 Å². The molecule has 0 saturated carbocycles. The van der Waals surface area contributed by atoms with Gasteiger partial charge in [-0.1, -0.05) is 26.0 Å². The van der Waals surface area contributed by atoms with E-state index in [2.05, 4.69) is 27.7 Å². The first-order valence-electron chi connectivity index (χ1n) is 5.63. The van der Waals surface area contributed by atoms with Crippen molar-refractivity contribution in [2.75, 3.05) is 0 Å². The van der Waals surface area contributed by atoms with Gasteiger partial charge in [0.25, 0.3) is 0 Å². The Morgan fingerprint density at radius 3 is 2.56 bits per heavy atom. The Balaban J connectivity index is 2.55. The molecular weight excluding hydrogens is 200 g/mol. The highest BCUT2D eigenvalue weighted by Crippen LogP contribution is 2.44. The number of carbonyl (C=O) groups is 1. The minimum Gasteiger partial charge on any atom is -0.488 e. The fourth-order valence-corrected chi connectivity index (χ4v) is 2.75. The van der Waals surface area contributed by atoms with Crippen LogP contribution in [0.3, 0.4) is 0 Å². The Labute approximate surface area is 96.6 Å². The van der Waals surface area contributed by atoms with Crippen molar-refractivity contribution in [2.24, 2.45) is 0 Å². The molecule has 86 valence electrons. The van der Waals surface area contributed by atoms with E-state index in [4.69, 9.17) is 4.74 Å². The molecule has 1 aromatic carbocycles. The van der Waals surface area contributed by atoms with Gasteiger partial charge < -0.3 is 4.74 Å². The van der Waals surface area contributed by atoms with E-state index < -0.39 is 0 Å². The van der Waals surface area contributed by atoms with Crippen molar-refractivity contribution in [3.8, 4) is 5.75 Å². The molecule has 0 fully saturated rings. The van der Waals surface area contributed by atoms with Crippen LogP contribution in [0.4, 0.5) is 0 Å². The van der Waals surface area contributed by atoms with Gasteiger partial charge in [-0.3, -0.25) is 4.79 Å². The second-order valence-electron chi connectivity index (χ2n) is 5.80. The van der Waals surface area contributed by atoms with Crippen LogP contribution >= 0.6 is 0 Å². The summed E-state index contributed by atoms with van der Waals surface area (Å²) in [6.45, 7) is 8.61. The Morgan fingerprint density at radius 1 is 1.25 bits per heavy atom. The van der Waals surface area contributed by atoms with Gasteiger partial charge in [0.1, 0.15) is 17.6 Å². The van der Waals surface area contributed by atoms with Gasteiger partial charge >= 0.3 is 0 Å². The molecule has 1 heterocycles. The van der Waals surface area contributed by atoms with E-state index in [0.717, 1.165) is 18.5 Å². The smallest absolute Gasteiger partial charge is 0.150 e. The molecule has 2 heteroatoms. The van der Waals surface area contributed by atoms with E-state index in [1.165, 1.54) is 5.56 Å². The van der Waals surface area contributed by atoms with Crippen molar-refractivity contribution in [1.29, 1.82) is 0 Å². The lowest BCUT2D eigenvalue weighted by molar-refractivity contribution is 0.0532. The van der Waals surface area contributed by atoms with Gasteiger partial charge in [0.15, 0.2) is 0 Å². The largest absolute Gasteiger partial charge is 0.488 e. The summed E-state index contributed by atoms with van der Waals surface area (Å²) in [5.41, 5.74) is 1.79. The molecule has 0 amide bonds. The Morgan fingerprint density at radius 2 is 1.94 bits per heavy atom. The molecule has 1 aliphatic heterocycles. The zero-order valence-corrected chi connectivity index (χ0v) is 10.3. The van der Waals surface area contributed by atoms with Gasteiger partial charge in [0.2, 0.25) is 0 Å². The molecule has 2 rings (SSSR count). The maximum Gasteiger partial charge on any atom is 0.150 e. The Bertz CT molecular complexity index is 430. The van der Waals surface area contributed by atoms with E-state index in [1.54, 1.807) is 0 Å². The maximum absolute atomic E-state index is 10.8. The van der Waals surface area contributed by atoms with Crippen LogP contribution in [-0.4, -0.2) is 11.9 Å².